The van der Waals surface area contributed by atoms with Crippen molar-refractivity contribution < 1.29 is 30.4 Å². The van der Waals surface area contributed by atoms with E-state index in [0.29, 0.717) is 22.9 Å². The largest absolute Gasteiger partial charge is 0.363 e. The van der Waals surface area contributed by atoms with Gasteiger partial charge in [0.2, 0.25) is 0 Å². The third kappa shape index (κ3) is 8.69. The Morgan fingerprint density at radius 2 is 1.15 bits per heavy atom. The van der Waals surface area contributed by atoms with Gasteiger partial charge >= 0.3 is 7.60 Å². The standard InChI is InChI=1S/C26H31Cl2N2O7PS2/c1-3-5-17-36-38(31,37-18-6-4-2)26-19-22(29-39(32,33)23-12-7-20(27)8-13-23)11-16-25(26)30-40(34,35)24-14-9-21(28)10-15-24/h7-16,19,29-30H,3-6,17-18H2,1-2H3. The molecule has 0 spiro atoms. The predicted molar refractivity (Wildman–Crippen MR) is 160 cm³/mol. The normalized spacial score (nSPS) is 12.3. The minimum atomic E-state index is -4.15. The van der Waals surface area contributed by atoms with Crippen molar-refractivity contribution in [3.05, 3.63) is 76.8 Å². The maximum atomic E-state index is 14.2. The molecular formula is C26H31Cl2N2O7PS2. The smallest absolute Gasteiger partial charge is 0.305 e. The molecule has 0 heterocycles. The summed E-state index contributed by atoms with van der Waals surface area (Å²) in [6.45, 7) is 4.04. The van der Waals surface area contributed by atoms with Crippen LogP contribution >= 0.6 is 30.8 Å². The van der Waals surface area contributed by atoms with Gasteiger partial charge in [-0.2, -0.15) is 0 Å². The minimum Gasteiger partial charge on any atom is -0.305 e. The molecule has 3 rings (SSSR count). The van der Waals surface area contributed by atoms with Crippen LogP contribution in [0.5, 0.6) is 0 Å². The summed E-state index contributed by atoms with van der Waals surface area (Å²) in [4.78, 5) is -0.128. The summed E-state index contributed by atoms with van der Waals surface area (Å²) in [5.74, 6) is 0. The van der Waals surface area contributed by atoms with E-state index in [4.69, 9.17) is 32.2 Å². The van der Waals surface area contributed by atoms with Gasteiger partial charge in [0.1, 0.15) is 0 Å². The van der Waals surface area contributed by atoms with Gasteiger partial charge in [-0.15, -0.1) is 0 Å². The van der Waals surface area contributed by atoms with Crippen LogP contribution in [0.15, 0.2) is 76.5 Å². The zero-order valence-electron chi connectivity index (χ0n) is 22.0. The molecule has 0 saturated carbocycles. The molecule has 3 aromatic rings. The maximum absolute atomic E-state index is 14.2. The summed E-state index contributed by atoms with van der Waals surface area (Å²) in [6, 6.07) is 15.0. The Morgan fingerprint density at radius 3 is 1.60 bits per heavy atom. The number of unbranched alkanes of at least 4 members (excludes halogenated alkanes) is 2. The number of halogens is 2. The van der Waals surface area contributed by atoms with Crippen LogP contribution in [0.25, 0.3) is 0 Å². The highest BCUT2D eigenvalue weighted by atomic mass is 35.5. The van der Waals surface area contributed by atoms with E-state index >= 15 is 0 Å². The number of hydrogen-bond donors (Lipinski definition) is 2. The highest BCUT2D eigenvalue weighted by molar-refractivity contribution is 7.93. The number of rotatable bonds is 15. The van der Waals surface area contributed by atoms with Gasteiger partial charge in [0.25, 0.3) is 20.0 Å². The molecule has 0 fully saturated rings. The highest BCUT2D eigenvalue weighted by Gasteiger charge is 2.33. The van der Waals surface area contributed by atoms with E-state index in [0.717, 1.165) is 12.8 Å². The van der Waals surface area contributed by atoms with E-state index in [1.54, 1.807) is 0 Å². The molecule has 0 aliphatic rings. The second kappa shape index (κ2) is 14.2. The van der Waals surface area contributed by atoms with E-state index in [1.165, 1.54) is 66.7 Å². The van der Waals surface area contributed by atoms with Crippen LogP contribution in [0.3, 0.4) is 0 Å². The van der Waals surface area contributed by atoms with Crippen molar-refractivity contribution in [1.29, 1.82) is 0 Å². The lowest BCUT2D eigenvalue weighted by molar-refractivity contribution is 0.208. The topological polar surface area (TPSA) is 128 Å². The first-order valence-electron chi connectivity index (χ1n) is 12.5. The molecule has 14 heteroatoms. The third-order valence-corrected chi connectivity index (χ3v) is 10.8. The second-order valence-corrected chi connectivity index (χ2v) is 15.0. The summed E-state index contributed by atoms with van der Waals surface area (Å²) < 4.78 is 83.0. The molecule has 40 heavy (non-hydrogen) atoms. The molecule has 9 nitrogen and oxygen atoms in total. The van der Waals surface area contributed by atoms with E-state index < -0.39 is 27.6 Å². The third-order valence-electron chi connectivity index (χ3n) is 5.56. The number of benzene rings is 3. The molecule has 0 atom stereocenters. The SMILES string of the molecule is CCCCOP(=O)(OCCCC)c1cc(NS(=O)(=O)c2ccc(Cl)cc2)ccc1NS(=O)(=O)c1ccc(Cl)cc1. The fraction of sp³-hybridized carbons (Fsp3) is 0.308. The van der Waals surface area contributed by atoms with Gasteiger partial charge in [-0.05, 0) is 79.6 Å². The van der Waals surface area contributed by atoms with Crippen molar-refractivity contribution in [3.63, 3.8) is 0 Å². The van der Waals surface area contributed by atoms with Crippen LogP contribution in [0, 0.1) is 0 Å². The molecule has 0 aliphatic heterocycles. The van der Waals surface area contributed by atoms with Crippen molar-refractivity contribution in [2.24, 2.45) is 0 Å². The monoisotopic (exact) mass is 648 g/mol. The van der Waals surface area contributed by atoms with Gasteiger partial charge in [-0.25, -0.2) is 16.8 Å². The van der Waals surface area contributed by atoms with Crippen LogP contribution in [-0.4, -0.2) is 30.0 Å². The molecule has 2 N–H and O–H groups in total. The van der Waals surface area contributed by atoms with Crippen LogP contribution < -0.4 is 14.7 Å². The average Bonchev–Trinajstić information content (AvgIpc) is 2.90. The van der Waals surface area contributed by atoms with Crippen molar-refractivity contribution in [2.75, 3.05) is 22.7 Å². The van der Waals surface area contributed by atoms with E-state index in [2.05, 4.69) is 9.44 Å². The zero-order valence-corrected chi connectivity index (χ0v) is 26.0. The average molecular weight is 650 g/mol. The summed E-state index contributed by atoms with van der Waals surface area (Å²) in [7, 11) is -12.3. The molecular weight excluding hydrogens is 618 g/mol. The van der Waals surface area contributed by atoms with Crippen LogP contribution in [0.2, 0.25) is 10.0 Å². The predicted octanol–water partition coefficient (Wildman–Crippen LogP) is 7.05. The lowest BCUT2D eigenvalue weighted by Gasteiger charge is -2.23. The van der Waals surface area contributed by atoms with Crippen LogP contribution in [0.1, 0.15) is 39.5 Å². The Hall–Kier alpha value is -2.11. The lowest BCUT2D eigenvalue weighted by atomic mass is 10.3. The van der Waals surface area contributed by atoms with E-state index in [-0.39, 0.29) is 39.7 Å². The van der Waals surface area contributed by atoms with Crippen molar-refractivity contribution in [3.8, 4) is 0 Å². The molecule has 0 saturated heterocycles. The molecule has 0 aliphatic carbocycles. The fourth-order valence-corrected chi connectivity index (χ4v) is 7.66. The van der Waals surface area contributed by atoms with Gasteiger partial charge in [0.15, 0.2) is 0 Å². The molecule has 3 aromatic carbocycles. The van der Waals surface area contributed by atoms with Crippen molar-refractivity contribution >= 4 is 67.5 Å². The number of hydrogen-bond acceptors (Lipinski definition) is 7. The first kappa shape index (κ1) is 32.4. The van der Waals surface area contributed by atoms with Gasteiger partial charge in [-0.1, -0.05) is 49.9 Å². The summed E-state index contributed by atoms with van der Waals surface area (Å²) in [6.07, 6.45) is 2.67. The molecule has 0 aromatic heterocycles. The fourth-order valence-electron chi connectivity index (χ4n) is 3.39. The van der Waals surface area contributed by atoms with Crippen LogP contribution in [0.4, 0.5) is 11.4 Å². The second-order valence-electron chi connectivity index (χ2n) is 8.72. The Morgan fingerprint density at radius 1 is 0.700 bits per heavy atom. The zero-order chi connectivity index (χ0) is 29.4. The van der Waals surface area contributed by atoms with Gasteiger partial charge < -0.3 is 9.05 Å². The number of nitrogens with one attached hydrogen (secondary N) is 2. The Balaban J connectivity index is 2.09. The first-order chi connectivity index (χ1) is 18.9. The van der Waals surface area contributed by atoms with Gasteiger partial charge in [0, 0.05) is 15.7 Å². The summed E-state index contributed by atoms with van der Waals surface area (Å²) in [5.41, 5.74) is -0.0569. The number of anilines is 2. The van der Waals surface area contributed by atoms with Crippen LogP contribution in [-0.2, 0) is 33.7 Å². The number of sulfonamides is 2. The molecule has 0 radical (unpaired) electrons. The van der Waals surface area contributed by atoms with E-state index in [9.17, 15) is 21.4 Å². The quantitative estimate of drug-likeness (QED) is 0.133. The van der Waals surface area contributed by atoms with Gasteiger partial charge in [-0.3, -0.25) is 14.0 Å². The Labute approximate surface area is 245 Å². The first-order valence-corrected chi connectivity index (χ1v) is 17.8. The Kier molecular flexibility index (Phi) is 11.5. The maximum Gasteiger partial charge on any atom is 0.363 e. The molecule has 0 unspecified atom stereocenters. The summed E-state index contributed by atoms with van der Waals surface area (Å²) in [5, 5.41) is 0.594. The van der Waals surface area contributed by atoms with E-state index in [1.807, 2.05) is 13.8 Å². The summed E-state index contributed by atoms with van der Waals surface area (Å²) >= 11 is 11.8. The Bertz CT molecular complexity index is 1540. The van der Waals surface area contributed by atoms with Crippen molar-refractivity contribution in [1.82, 2.24) is 0 Å². The lowest BCUT2D eigenvalue weighted by Crippen LogP contribution is -2.22. The molecule has 0 bridgehead atoms. The highest BCUT2D eigenvalue weighted by Crippen LogP contribution is 2.50. The van der Waals surface area contributed by atoms with Gasteiger partial charge in [0.05, 0.1) is 34.0 Å². The molecule has 218 valence electrons. The molecule has 0 amide bonds. The minimum absolute atomic E-state index is 0.0257. The van der Waals surface area contributed by atoms with Crippen molar-refractivity contribution in [2.45, 2.75) is 49.3 Å².